The third kappa shape index (κ3) is 4.80. The highest BCUT2D eigenvalue weighted by Gasteiger charge is 2.31. The fourth-order valence-electron chi connectivity index (χ4n) is 3.32. The summed E-state index contributed by atoms with van der Waals surface area (Å²) in [6, 6.07) is -0.151. The lowest BCUT2D eigenvalue weighted by Gasteiger charge is -2.36. The minimum absolute atomic E-state index is 0.116. The van der Waals surface area contributed by atoms with Crippen LogP contribution in [-0.2, 0) is 9.47 Å². The Kier molecular flexibility index (Phi) is 7.24. The smallest absolute Gasteiger partial charge is 0.348 e. The number of carbonyl (C=O) groups excluding carboxylic acids is 3. The predicted octanol–water partition coefficient (Wildman–Crippen LogP) is 4.06. The van der Waals surface area contributed by atoms with Crippen LogP contribution in [0.5, 0.6) is 0 Å². The Morgan fingerprint density at radius 3 is 2.37 bits per heavy atom. The molecule has 8 heteroatoms. The molecule has 0 saturated carbocycles. The van der Waals surface area contributed by atoms with Gasteiger partial charge in [-0.1, -0.05) is 6.92 Å². The van der Waals surface area contributed by atoms with E-state index in [0.717, 1.165) is 24.2 Å². The highest BCUT2D eigenvalue weighted by Crippen LogP contribution is 2.35. The average molecular weight is 397 g/mol. The van der Waals surface area contributed by atoms with E-state index in [4.69, 9.17) is 9.47 Å². The number of nitrogens with one attached hydrogen (secondary N) is 1. The Labute approximate surface area is 164 Å². The van der Waals surface area contributed by atoms with Crippen LogP contribution in [0.1, 0.15) is 66.1 Å². The summed E-state index contributed by atoms with van der Waals surface area (Å²) in [4.78, 5) is 39.5. The number of thiophene rings is 1. The van der Waals surface area contributed by atoms with Gasteiger partial charge < -0.3 is 14.4 Å². The van der Waals surface area contributed by atoms with Gasteiger partial charge in [-0.2, -0.15) is 0 Å². The van der Waals surface area contributed by atoms with E-state index in [0.29, 0.717) is 27.9 Å². The number of urea groups is 1. The second-order valence-corrected chi connectivity index (χ2v) is 7.82. The Hall–Kier alpha value is -2.09. The highest BCUT2D eigenvalue weighted by atomic mass is 32.1. The van der Waals surface area contributed by atoms with E-state index >= 15 is 0 Å². The van der Waals surface area contributed by atoms with E-state index in [1.54, 1.807) is 25.7 Å². The molecule has 0 aromatic carbocycles. The molecule has 2 amide bonds. The Bertz CT molecular complexity index is 715. The fraction of sp³-hybridized carbons (Fsp3) is 0.632. The molecule has 1 aliphatic heterocycles. The normalized spacial score (nSPS) is 19.5. The minimum Gasteiger partial charge on any atom is -0.462 e. The molecule has 1 N–H and O–H groups in total. The molecule has 2 atom stereocenters. The zero-order valence-corrected chi connectivity index (χ0v) is 17.4. The van der Waals surface area contributed by atoms with Crippen molar-refractivity contribution in [2.45, 2.75) is 53.5 Å². The largest absolute Gasteiger partial charge is 0.462 e. The summed E-state index contributed by atoms with van der Waals surface area (Å²) in [5.74, 6) is -0.484. The van der Waals surface area contributed by atoms with E-state index in [1.807, 2.05) is 6.92 Å². The molecule has 0 radical (unpaired) electrons. The van der Waals surface area contributed by atoms with Gasteiger partial charge in [0, 0.05) is 12.6 Å². The molecule has 27 heavy (non-hydrogen) atoms. The van der Waals surface area contributed by atoms with Crippen molar-refractivity contribution in [1.29, 1.82) is 0 Å². The molecule has 1 aromatic heterocycles. The molecule has 0 unspecified atom stereocenters. The first-order valence-electron chi connectivity index (χ1n) is 9.35. The summed E-state index contributed by atoms with van der Waals surface area (Å²) in [5.41, 5.74) is 0.684. The molecule has 2 heterocycles. The molecule has 0 bridgehead atoms. The molecule has 2 rings (SSSR count). The molecular weight excluding hydrogens is 368 g/mol. The first-order valence-corrected chi connectivity index (χ1v) is 10.2. The predicted molar refractivity (Wildman–Crippen MR) is 105 cm³/mol. The molecule has 1 saturated heterocycles. The van der Waals surface area contributed by atoms with E-state index < -0.39 is 11.9 Å². The molecule has 150 valence electrons. The first-order chi connectivity index (χ1) is 12.8. The third-order valence-electron chi connectivity index (χ3n) is 4.71. The molecule has 0 aliphatic carbocycles. The van der Waals surface area contributed by atoms with Gasteiger partial charge in [0.15, 0.2) is 0 Å². The minimum atomic E-state index is -0.558. The lowest BCUT2D eigenvalue weighted by atomic mass is 9.94. The van der Waals surface area contributed by atoms with E-state index in [-0.39, 0.29) is 30.9 Å². The van der Waals surface area contributed by atoms with Crippen molar-refractivity contribution in [3.63, 3.8) is 0 Å². The number of piperidine rings is 1. The molecule has 7 nitrogen and oxygen atoms in total. The van der Waals surface area contributed by atoms with Crippen molar-refractivity contribution in [2.75, 3.05) is 25.1 Å². The summed E-state index contributed by atoms with van der Waals surface area (Å²) >= 11 is 1.05. The van der Waals surface area contributed by atoms with Crippen molar-refractivity contribution in [3.8, 4) is 0 Å². The average Bonchev–Trinajstić information content (AvgIpc) is 2.91. The van der Waals surface area contributed by atoms with E-state index in [1.165, 1.54) is 0 Å². The maximum atomic E-state index is 12.8. The molecular formula is C19H28N2O5S. The highest BCUT2D eigenvalue weighted by molar-refractivity contribution is 7.18. The molecule has 1 fully saturated rings. The van der Waals surface area contributed by atoms with Gasteiger partial charge in [-0.05, 0) is 52.0 Å². The lowest BCUT2D eigenvalue weighted by Crippen LogP contribution is -2.46. The Morgan fingerprint density at radius 2 is 1.78 bits per heavy atom. The summed E-state index contributed by atoms with van der Waals surface area (Å²) in [5, 5.41) is 3.14. The van der Waals surface area contributed by atoms with Crippen molar-refractivity contribution in [1.82, 2.24) is 4.90 Å². The van der Waals surface area contributed by atoms with E-state index in [9.17, 15) is 14.4 Å². The van der Waals surface area contributed by atoms with Crippen LogP contribution in [0, 0.1) is 12.8 Å². The summed E-state index contributed by atoms with van der Waals surface area (Å²) < 4.78 is 10.2. The second-order valence-electron chi connectivity index (χ2n) is 6.80. The number of nitrogens with zero attached hydrogens (tertiary/aromatic N) is 1. The quantitative estimate of drug-likeness (QED) is 0.759. The van der Waals surface area contributed by atoms with Gasteiger partial charge >= 0.3 is 18.0 Å². The monoisotopic (exact) mass is 396 g/mol. The van der Waals surface area contributed by atoms with Crippen LogP contribution >= 0.6 is 11.3 Å². The Balaban J connectivity index is 2.31. The molecule has 0 spiro atoms. The van der Waals surface area contributed by atoms with Crippen LogP contribution in [0.4, 0.5) is 9.80 Å². The van der Waals surface area contributed by atoms with Gasteiger partial charge in [-0.3, -0.25) is 5.32 Å². The zero-order valence-electron chi connectivity index (χ0n) is 16.6. The van der Waals surface area contributed by atoms with Crippen LogP contribution in [0.25, 0.3) is 0 Å². The number of rotatable bonds is 5. The van der Waals surface area contributed by atoms with Gasteiger partial charge in [-0.15, -0.1) is 11.3 Å². The summed E-state index contributed by atoms with van der Waals surface area (Å²) in [6.07, 6.45) is 1.88. The maximum absolute atomic E-state index is 12.8. The van der Waals surface area contributed by atoms with Crippen LogP contribution in [0.15, 0.2) is 0 Å². The Morgan fingerprint density at radius 1 is 1.15 bits per heavy atom. The van der Waals surface area contributed by atoms with Crippen LogP contribution < -0.4 is 5.32 Å². The van der Waals surface area contributed by atoms with Gasteiger partial charge in [0.2, 0.25) is 0 Å². The van der Waals surface area contributed by atoms with Gasteiger partial charge in [0.05, 0.1) is 18.8 Å². The van der Waals surface area contributed by atoms with Crippen molar-refractivity contribution in [2.24, 2.45) is 5.92 Å². The number of hydrogen-bond acceptors (Lipinski definition) is 6. The summed E-state index contributed by atoms with van der Waals surface area (Å²) in [7, 11) is 0. The number of amides is 2. The maximum Gasteiger partial charge on any atom is 0.348 e. The molecule has 1 aromatic rings. The number of esters is 2. The SMILES string of the molecule is CCOC(=O)c1sc(NC(=O)N2CC[C@H](C)C[C@@H]2C)c(C(=O)OCC)c1C. The number of ether oxygens (including phenoxy) is 2. The molecule has 1 aliphatic rings. The first kappa shape index (κ1) is 21.2. The van der Waals surface area contributed by atoms with Crippen molar-refractivity contribution in [3.05, 3.63) is 16.0 Å². The number of likely N-dealkylation sites (tertiary alicyclic amines) is 1. The number of carbonyl (C=O) groups is 3. The van der Waals surface area contributed by atoms with Crippen LogP contribution in [0.3, 0.4) is 0 Å². The van der Waals surface area contributed by atoms with Crippen molar-refractivity contribution < 1.29 is 23.9 Å². The standard InChI is InChI=1S/C19H28N2O5S/c1-6-25-17(22)14-13(5)15(18(23)26-7-2)27-16(14)20-19(24)21-9-8-11(3)10-12(21)4/h11-12H,6-10H2,1-5H3,(H,20,24)/t11-,12-/m0/s1. The van der Waals surface area contributed by atoms with Crippen LogP contribution in [-0.4, -0.2) is 48.7 Å². The zero-order chi connectivity index (χ0) is 20.1. The topological polar surface area (TPSA) is 84.9 Å². The van der Waals surface area contributed by atoms with Gasteiger partial charge in [0.25, 0.3) is 0 Å². The lowest BCUT2D eigenvalue weighted by molar-refractivity contribution is 0.0527. The summed E-state index contributed by atoms with van der Waals surface area (Å²) in [6.45, 7) is 10.4. The number of hydrogen-bond donors (Lipinski definition) is 1. The van der Waals surface area contributed by atoms with Gasteiger partial charge in [-0.25, -0.2) is 14.4 Å². The van der Waals surface area contributed by atoms with Crippen molar-refractivity contribution >= 4 is 34.3 Å². The fourth-order valence-corrected chi connectivity index (χ4v) is 4.40. The van der Waals surface area contributed by atoms with Gasteiger partial charge in [0.1, 0.15) is 9.88 Å². The second kappa shape index (κ2) is 9.21. The van der Waals surface area contributed by atoms with E-state index in [2.05, 4.69) is 12.2 Å². The van der Waals surface area contributed by atoms with Crippen LogP contribution in [0.2, 0.25) is 0 Å². The third-order valence-corrected chi connectivity index (χ3v) is 5.89. The number of anilines is 1.